The van der Waals surface area contributed by atoms with Gasteiger partial charge in [0.15, 0.2) is 0 Å². The summed E-state index contributed by atoms with van der Waals surface area (Å²) in [5, 5.41) is 0.390. The largest absolute Gasteiger partial charge is 0.278 e. The Balaban J connectivity index is 2.40. The summed E-state index contributed by atoms with van der Waals surface area (Å²) in [4.78, 5) is 0.268. The van der Waals surface area contributed by atoms with Gasteiger partial charge in [-0.3, -0.25) is 4.72 Å². The molecule has 0 fully saturated rings. The molecule has 0 saturated heterocycles. The predicted octanol–water partition coefficient (Wildman–Crippen LogP) is 5.76. The zero-order valence-electron chi connectivity index (χ0n) is 14.2. The summed E-state index contributed by atoms with van der Waals surface area (Å²) >= 11 is 9.67. The van der Waals surface area contributed by atoms with Gasteiger partial charge in [0.25, 0.3) is 10.0 Å². The SMILES string of the molecule is CCc1cc(Br)ccc1S(=O)(=O)Nc1ccc(C(C)(C)C)cc1Cl. The van der Waals surface area contributed by atoms with Crippen LogP contribution in [0.3, 0.4) is 0 Å². The summed E-state index contributed by atoms with van der Waals surface area (Å²) in [5.74, 6) is 0. The molecule has 0 aliphatic rings. The van der Waals surface area contributed by atoms with E-state index < -0.39 is 10.0 Å². The van der Waals surface area contributed by atoms with E-state index in [9.17, 15) is 8.42 Å². The van der Waals surface area contributed by atoms with Crippen LogP contribution in [0.2, 0.25) is 5.02 Å². The van der Waals surface area contributed by atoms with Gasteiger partial charge in [-0.15, -0.1) is 0 Å². The zero-order chi connectivity index (χ0) is 18.1. The molecule has 1 N–H and O–H groups in total. The van der Waals surface area contributed by atoms with Gasteiger partial charge in [0.05, 0.1) is 15.6 Å². The monoisotopic (exact) mass is 429 g/mol. The second-order valence-electron chi connectivity index (χ2n) is 6.66. The Hall–Kier alpha value is -1.04. The first-order valence-corrected chi connectivity index (χ1v) is 10.3. The lowest BCUT2D eigenvalue weighted by molar-refractivity contribution is 0.590. The Morgan fingerprint density at radius 1 is 1.12 bits per heavy atom. The van der Waals surface area contributed by atoms with E-state index in [0.717, 1.165) is 15.6 Å². The molecule has 0 bridgehead atoms. The van der Waals surface area contributed by atoms with Gasteiger partial charge in [0, 0.05) is 4.47 Å². The first kappa shape index (κ1) is 19.3. The molecule has 0 aromatic heterocycles. The van der Waals surface area contributed by atoms with Crippen LogP contribution >= 0.6 is 27.5 Å². The van der Waals surface area contributed by atoms with Crippen molar-refractivity contribution in [3.05, 3.63) is 57.0 Å². The molecule has 2 aromatic rings. The Bertz CT molecular complexity index is 858. The van der Waals surface area contributed by atoms with Gasteiger partial charge < -0.3 is 0 Å². The van der Waals surface area contributed by atoms with Crippen LogP contribution in [0, 0.1) is 0 Å². The number of hydrogen-bond acceptors (Lipinski definition) is 2. The van der Waals surface area contributed by atoms with Crippen molar-refractivity contribution in [3.8, 4) is 0 Å². The van der Waals surface area contributed by atoms with Crippen LogP contribution in [-0.2, 0) is 21.9 Å². The fourth-order valence-corrected chi connectivity index (χ4v) is 4.42. The Morgan fingerprint density at radius 3 is 2.33 bits per heavy atom. The van der Waals surface area contributed by atoms with Crippen LogP contribution in [-0.4, -0.2) is 8.42 Å². The van der Waals surface area contributed by atoms with Gasteiger partial charge in [-0.1, -0.05) is 61.3 Å². The molecule has 3 nitrogen and oxygen atoms in total. The van der Waals surface area contributed by atoms with Gasteiger partial charge in [-0.2, -0.15) is 0 Å². The molecule has 24 heavy (non-hydrogen) atoms. The lowest BCUT2D eigenvalue weighted by atomic mass is 9.87. The third-order valence-electron chi connectivity index (χ3n) is 3.77. The average Bonchev–Trinajstić information content (AvgIpc) is 2.47. The number of nitrogens with one attached hydrogen (secondary N) is 1. The quantitative estimate of drug-likeness (QED) is 0.670. The Kier molecular flexibility index (Phi) is 5.68. The molecule has 0 aliphatic heterocycles. The predicted molar refractivity (Wildman–Crippen MR) is 104 cm³/mol. The molecule has 0 amide bonds. The molecular weight excluding hydrogens is 410 g/mol. The maximum Gasteiger partial charge on any atom is 0.262 e. The highest BCUT2D eigenvalue weighted by Crippen LogP contribution is 2.31. The van der Waals surface area contributed by atoms with Crippen molar-refractivity contribution in [2.75, 3.05) is 4.72 Å². The lowest BCUT2D eigenvalue weighted by Crippen LogP contribution is -2.16. The molecule has 0 spiro atoms. The van der Waals surface area contributed by atoms with Crippen molar-refractivity contribution in [2.45, 2.75) is 44.4 Å². The number of sulfonamides is 1. The number of anilines is 1. The molecule has 2 rings (SSSR count). The maximum atomic E-state index is 12.7. The second kappa shape index (κ2) is 7.06. The van der Waals surface area contributed by atoms with E-state index >= 15 is 0 Å². The van der Waals surface area contributed by atoms with E-state index in [1.165, 1.54) is 0 Å². The molecule has 0 atom stereocenters. The minimum Gasteiger partial charge on any atom is -0.278 e. The highest BCUT2D eigenvalue weighted by Gasteiger charge is 2.21. The zero-order valence-corrected chi connectivity index (χ0v) is 17.3. The number of rotatable bonds is 4. The maximum absolute atomic E-state index is 12.7. The number of aryl methyl sites for hydroxylation is 1. The second-order valence-corrected chi connectivity index (χ2v) is 9.63. The van der Waals surface area contributed by atoms with Crippen LogP contribution in [0.15, 0.2) is 45.8 Å². The minimum absolute atomic E-state index is 0.0534. The minimum atomic E-state index is -3.70. The van der Waals surface area contributed by atoms with Crippen LogP contribution in [0.1, 0.15) is 38.8 Å². The standard InChI is InChI=1S/C18H21BrClNO2S/c1-5-12-10-14(19)7-9-17(12)24(22,23)21-16-8-6-13(11-15(16)20)18(2,3)4/h6-11,21H,5H2,1-4H3. The lowest BCUT2D eigenvalue weighted by Gasteiger charge is -2.20. The molecule has 130 valence electrons. The third-order valence-corrected chi connectivity index (χ3v) is 6.04. The fourth-order valence-electron chi connectivity index (χ4n) is 2.35. The van der Waals surface area contributed by atoms with E-state index in [4.69, 9.17) is 11.6 Å². The van der Waals surface area contributed by atoms with E-state index in [1.807, 2.05) is 25.1 Å². The topological polar surface area (TPSA) is 46.2 Å². The highest BCUT2D eigenvalue weighted by molar-refractivity contribution is 9.10. The fraction of sp³-hybridized carbons (Fsp3) is 0.333. The number of benzene rings is 2. The van der Waals surface area contributed by atoms with Gasteiger partial charge in [-0.05, 0) is 53.3 Å². The van der Waals surface area contributed by atoms with Crippen LogP contribution in [0.25, 0.3) is 0 Å². The number of hydrogen-bond donors (Lipinski definition) is 1. The van der Waals surface area contributed by atoms with Gasteiger partial charge in [-0.25, -0.2) is 8.42 Å². The summed E-state index contributed by atoms with van der Waals surface area (Å²) < 4.78 is 28.9. The van der Waals surface area contributed by atoms with Crippen LogP contribution in [0.5, 0.6) is 0 Å². The van der Waals surface area contributed by atoms with E-state index in [-0.39, 0.29) is 10.3 Å². The Morgan fingerprint density at radius 2 is 1.79 bits per heavy atom. The average molecular weight is 431 g/mol. The molecule has 2 aromatic carbocycles. The molecule has 0 unspecified atom stereocenters. The van der Waals surface area contributed by atoms with Crippen molar-refractivity contribution >= 4 is 43.2 Å². The summed E-state index contributed by atoms with van der Waals surface area (Å²) in [6, 6.07) is 10.6. The molecule has 0 saturated carbocycles. The number of halogens is 2. The van der Waals surface area contributed by atoms with Gasteiger partial charge in [0.1, 0.15) is 0 Å². The summed E-state index contributed by atoms with van der Waals surface area (Å²) in [7, 11) is -3.70. The first-order chi connectivity index (χ1) is 11.0. The van der Waals surface area contributed by atoms with Crippen LogP contribution < -0.4 is 4.72 Å². The molecular formula is C18H21BrClNO2S. The molecule has 0 aliphatic carbocycles. The smallest absolute Gasteiger partial charge is 0.262 e. The van der Waals surface area contributed by atoms with Crippen molar-refractivity contribution in [1.29, 1.82) is 0 Å². The summed E-state index contributed by atoms with van der Waals surface area (Å²) in [6.45, 7) is 8.17. The van der Waals surface area contributed by atoms with Crippen LogP contribution in [0.4, 0.5) is 5.69 Å². The van der Waals surface area contributed by atoms with Crippen molar-refractivity contribution in [3.63, 3.8) is 0 Å². The molecule has 6 heteroatoms. The van der Waals surface area contributed by atoms with Crippen molar-refractivity contribution in [1.82, 2.24) is 0 Å². The molecule has 0 heterocycles. The highest BCUT2D eigenvalue weighted by atomic mass is 79.9. The van der Waals surface area contributed by atoms with E-state index in [2.05, 4.69) is 41.4 Å². The van der Waals surface area contributed by atoms with Gasteiger partial charge in [0.2, 0.25) is 0 Å². The van der Waals surface area contributed by atoms with Crippen molar-refractivity contribution in [2.24, 2.45) is 0 Å². The summed E-state index contributed by atoms with van der Waals surface area (Å²) in [6.07, 6.45) is 0.617. The van der Waals surface area contributed by atoms with Gasteiger partial charge >= 0.3 is 0 Å². The van der Waals surface area contributed by atoms with E-state index in [0.29, 0.717) is 17.1 Å². The summed E-state index contributed by atoms with van der Waals surface area (Å²) in [5.41, 5.74) is 2.13. The van der Waals surface area contributed by atoms with E-state index in [1.54, 1.807) is 18.2 Å². The Labute approximate surface area is 157 Å². The normalized spacial score (nSPS) is 12.2. The molecule has 0 radical (unpaired) electrons. The van der Waals surface area contributed by atoms with Crippen molar-refractivity contribution < 1.29 is 8.42 Å². The third kappa shape index (κ3) is 4.32. The first-order valence-electron chi connectivity index (χ1n) is 7.66.